The molecule has 3 aromatic rings. The van der Waals surface area contributed by atoms with Gasteiger partial charge in [0.25, 0.3) is 5.91 Å². The lowest BCUT2D eigenvalue weighted by atomic mass is 10.3. The number of rotatable bonds is 5. The van der Waals surface area contributed by atoms with Crippen LogP contribution < -0.4 is 0 Å². The van der Waals surface area contributed by atoms with E-state index in [2.05, 4.69) is 15.3 Å². The Labute approximate surface area is 137 Å². The molecule has 0 N–H and O–H groups in total. The third kappa shape index (κ3) is 3.26. The summed E-state index contributed by atoms with van der Waals surface area (Å²) >= 11 is 6.07. The quantitative estimate of drug-likeness (QED) is 0.704. The molecule has 8 nitrogen and oxygen atoms in total. The van der Waals surface area contributed by atoms with Gasteiger partial charge < -0.3 is 4.90 Å². The third-order valence-electron chi connectivity index (χ3n) is 3.45. The van der Waals surface area contributed by atoms with Crippen molar-refractivity contribution in [1.29, 1.82) is 0 Å². The first-order valence-electron chi connectivity index (χ1n) is 6.97. The van der Waals surface area contributed by atoms with Gasteiger partial charge in [-0.3, -0.25) is 18.8 Å². The summed E-state index contributed by atoms with van der Waals surface area (Å²) in [6.07, 6.45) is 6.84. The molecular formula is C14H16ClN7O. The van der Waals surface area contributed by atoms with Gasteiger partial charge in [-0.2, -0.15) is 15.3 Å². The number of nitrogens with zero attached hydrogens (tertiary/aromatic N) is 7. The summed E-state index contributed by atoms with van der Waals surface area (Å²) in [5, 5.41) is 13.0. The van der Waals surface area contributed by atoms with Crippen LogP contribution in [-0.2, 0) is 20.3 Å². The first-order chi connectivity index (χ1) is 11.0. The van der Waals surface area contributed by atoms with E-state index in [-0.39, 0.29) is 5.91 Å². The van der Waals surface area contributed by atoms with Crippen LogP contribution in [0.2, 0.25) is 5.02 Å². The standard InChI is InChI=1S/C14H16ClN7O/c1-19(9-13-11(15)8-17-20(13)2)14(23)12-4-7-22(18-12)10-21-6-3-5-16-21/h3-8H,9-10H2,1-2H3. The molecule has 0 saturated heterocycles. The van der Waals surface area contributed by atoms with E-state index in [1.165, 1.54) is 0 Å². The van der Waals surface area contributed by atoms with Crippen molar-refractivity contribution in [1.82, 2.24) is 34.2 Å². The van der Waals surface area contributed by atoms with Crippen molar-refractivity contribution in [2.45, 2.75) is 13.2 Å². The Kier molecular flexibility index (Phi) is 4.16. The monoisotopic (exact) mass is 333 g/mol. The average Bonchev–Trinajstić information content (AvgIpc) is 3.26. The highest BCUT2D eigenvalue weighted by atomic mass is 35.5. The van der Waals surface area contributed by atoms with Gasteiger partial charge in [-0.15, -0.1) is 0 Å². The van der Waals surface area contributed by atoms with Gasteiger partial charge >= 0.3 is 0 Å². The van der Waals surface area contributed by atoms with Crippen molar-refractivity contribution in [3.8, 4) is 0 Å². The van der Waals surface area contributed by atoms with Crippen molar-refractivity contribution in [2.75, 3.05) is 7.05 Å². The molecule has 0 spiro atoms. The van der Waals surface area contributed by atoms with Crippen LogP contribution in [0.4, 0.5) is 0 Å². The molecule has 9 heteroatoms. The fraction of sp³-hybridized carbons (Fsp3) is 0.286. The van der Waals surface area contributed by atoms with Gasteiger partial charge in [0, 0.05) is 32.7 Å². The maximum absolute atomic E-state index is 12.5. The second-order valence-corrected chi connectivity index (χ2v) is 5.56. The van der Waals surface area contributed by atoms with E-state index in [1.54, 1.807) is 57.7 Å². The van der Waals surface area contributed by atoms with E-state index in [0.717, 1.165) is 5.69 Å². The Bertz CT molecular complexity index is 786. The first-order valence-corrected chi connectivity index (χ1v) is 7.35. The predicted octanol–water partition coefficient (Wildman–Crippen LogP) is 1.24. The number of aryl methyl sites for hydroxylation is 1. The fourth-order valence-corrected chi connectivity index (χ4v) is 2.42. The topological polar surface area (TPSA) is 73.8 Å². The number of hydrogen-bond donors (Lipinski definition) is 0. The molecule has 0 aromatic carbocycles. The maximum atomic E-state index is 12.5. The minimum Gasteiger partial charge on any atom is -0.334 e. The first kappa shape index (κ1) is 15.3. The van der Waals surface area contributed by atoms with Crippen molar-refractivity contribution in [3.05, 3.63) is 53.3 Å². The molecule has 3 heterocycles. The Morgan fingerprint density at radius 3 is 2.78 bits per heavy atom. The molecule has 3 aromatic heterocycles. The van der Waals surface area contributed by atoms with Crippen LogP contribution in [0.5, 0.6) is 0 Å². The smallest absolute Gasteiger partial charge is 0.274 e. The number of halogens is 1. The zero-order chi connectivity index (χ0) is 16.4. The van der Waals surface area contributed by atoms with E-state index < -0.39 is 0 Å². The number of hydrogen-bond acceptors (Lipinski definition) is 4. The molecule has 1 amide bonds. The summed E-state index contributed by atoms with van der Waals surface area (Å²) in [6.45, 7) is 0.817. The lowest BCUT2D eigenvalue weighted by Crippen LogP contribution is -2.28. The number of amides is 1. The van der Waals surface area contributed by atoms with Gasteiger partial charge in [-0.1, -0.05) is 11.6 Å². The zero-order valence-corrected chi connectivity index (χ0v) is 13.6. The summed E-state index contributed by atoms with van der Waals surface area (Å²) in [5.74, 6) is -0.179. The Balaban J connectivity index is 1.69. The molecule has 0 aliphatic rings. The van der Waals surface area contributed by atoms with E-state index in [1.807, 2.05) is 12.3 Å². The van der Waals surface area contributed by atoms with Gasteiger partial charge in [0.2, 0.25) is 0 Å². The molecule has 3 rings (SSSR count). The molecule has 0 saturated carbocycles. The highest BCUT2D eigenvalue weighted by Crippen LogP contribution is 2.16. The fourth-order valence-electron chi connectivity index (χ4n) is 2.19. The van der Waals surface area contributed by atoms with E-state index >= 15 is 0 Å². The molecule has 23 heavy (non-hydrogen) atoms. The second-order valence-electron chi connectivity index (χ2n) is 5.15. The number of carbonyl (C=O) groups excluding carboxylic acids is 1. The largest absolute Gasteiger partial charge is 0.334 e. The minimum atomic E-state index is -0.179. The van der Waals surface area contributed by atoms with Gasteiger partial charge in [-0.05, 0) is 12.1 Å². The van der Waals surface area contributed by atoms with E-state index in [9.17, 15) is 4.79 Å². The van der Waals surface area contributed by atoms with Crippen molar-refractivity contribution in [2.24, 2.45) is 7.05 Å². The van der Waals surface area contributed by atoms with Crippen LogP contribution >= 0.6 is 11.6 Å². The molecule has 0 bridgehead atoms. The molecule has 0 aliphatic carbocycles. The molecule has 120 valence electrons. The Hall–Kier alpha value is -2.61. The van der Waals surface area contributed by atoms with Crippen LogP contribution in [0.1, 0.15) is 16.2 Å². The summed E-state index contributed by atoms with van der Waals surface area (Å²) in [4.78, 5) is 14.0. The van der Waals surface area contributed by atoms with Gasteiger partial charge in [0.1, 0.15) is 12.4 Å². The van der Waals surface area contributed by atoms with Gasteiger partial charge in [0.05, 0.1) is 23.5 Å². The summed E-state index contributed by atoms with van der Waals surface area (Å²) < 4.78 is 5.04. The summed E-state index contributed by atoms with van der Waals surface area (Å²) in [7, 11) is 3.50. The summed E-state index contributed by atoms with van der Waals surface area (Å²) in [6, 6.07) is 3.52. The lowest BCUT2D eigenvalue weighted by molar-refractivity contribution is 0.0775. The average molecular weight is 334 g/mol. The van der Waals surface area contributed by atoms with E-state index in [4.69, 9.17) is 11.6 Å². The lowest BCUT2D eigenvalue weighted by Gasteiger charge is -2.16. The van der Waals surface area contributed by atoms with E-state index in [0.29, 0.717) is 23.9 Å². The molecular weight excluding hydrogens is 318 g/mol. The van der Waals surface area contributed by atoms with Crippen LogP contribution in [-0.4, -0.2) is 47.2 Å². The highest BCUT2D eigenvalue weighted by molar-refractivity contribution is 6.31. The van der Waals surface area contributed by atoms with Crippen molar-refractivity contribution < 1.29 is 4.79 Å². The van der Waals surface area contributed by atoms with Crippen LogP contribution in [0, 0.1) is 0 Å². The summed E-state index contributed by atoms with van der Waals surface area (Å²) in [5.41, 5.74) is 1.15. The van der Waals surface area contributed by atoms with Crippen molar-refractivity contribution >= 4 is 17.5 Å². The third-order valence-corrected chi connectivity index (χ3v) is 3.77. The molecule has 0 aliphatic heterocycles. The van der Waals surface area contributed by atoms with Crippen LogP contribution in [0.25, 0.3) is 0 Å². The minimum absolute atomic E-state index is 0.179. The van der Waals surface area contributed by atoms with Crippen LogP contribution in [0.3, 0.4) is 0 Å². The normalized spacial score (nSPS) is 10.9. The molecule has 0 radical (unpaired) electrons. The predicted molar refractivity (Wildman–Crippen MR) is 83.9 cm³/mol. The Morgan fingerprint density at radius 1 is 1.30 bits per heavy atom. The van der Waals surface area contributed by atoms with Gasteiger partial charge in [0.15, 0.2) is 0 Å². The molecule has 0 unspecified atom stereocenters. The number of aromatic nitrogens is 6. The van der Waals surface area contributed by atoms with Gasteiger partial charge in [-0.25, -0.2) is 0 Å². The second kappa shape index (κ2) is 6.25. The highest BCUT2D eigenvalue weighted by Gasteiger charge is 2.18. The molecule has 0 fully saturated rings. The number of carbonyl (C=O) groups is 1. The molecule has 0 atom stereocenters. The Morgan fingerprint density at radius 2 is 2.13 bits per heavy atom. The maximum Gasteiger partial charge on any atom is 0.274 e. The van der Waals surface area contributed by atoms with Crippen molar-refractivity contribution in [3.63, 3.8) is 0 Å². The van der Waals surface area contributed by atoms with Crippen LogP contribution in [0.15, 0.2) is 36.9 Å². The zero-order valence-electron chi connectivity index (χ0n) is 12.8. The SMILES string of the molecule is CN(Cc1c(Cl)cnn1C)C(=O)c1ccn(Cn2cccn2)n1.